The molecule has 0 aromatic rings. The average molecular weight is 234 g/mol. The zero-order chi connectivity index (χ0) is 11.8. The topological polar surface area (TPSA) is 63.4 Å². The van der Waals surface area contributed by atoms with Crippen molar-refractivity contribution in [2.75, 3.05) is 24.6 Å². The predicted molar refractivity (Wildman–Crippen MR) is 64.1 cm³/mol. The monoisotopic (exact) mass is 234 g/mol. The number of carbonyl (C=O) groups is 1. The van der Waals surface area contributed by atoms with E-state index in [-0.39, 0.29) is 17.7 Å². The number of nitrogens with two attached hydrogens (primary N) is 1. The molecule has 2 unspecified atom stereocenters. The maximum absolute atomic E-state index is 11.6. The summed E-state index contributed by atoms with van der Waals surface area (Å²) in [4.78, 5) is 13.3. The van der Waals surface area contributed by atoms with Gasteiger partial charge in [-0.05, 0) is 27.2 Å². The third-order valence-electron chi connectivity index (χ3n) is 2.20. The van der Waals surface area contributed by atoms with Gasteiger partial charge >= 0.3 is 0 Å². The van der Waals surface area contributed by atoms with Gasteiger partial charge in [0, 0.05) is 35.7 Å². The van der Waals surface area contributed by atoms with Crippen molar-refractivity contribution in [3.63, 3.8) is 0 Å². The second-order valence-electron chi connectivity index (χ2n) is 3.62. The largest absolute Gasteiger partial charge is 0.342 e. The third-order valence-corrected chi connectivity index (χ3v) is 3.46. The van der Waals surface area contributed by atoms with Crippen molar-refractivity contribution in [2.45, 2.75) is 33.2 Å². The van der Waals surface area contributed by atoms with Gasteiger partial charge in [-0.15, -0.1) is 0 Å². The molecule has 2 atom stereocenters. The van der Waals surface area contributed by atoms with E-state index < -0.39 is 10.8 Å². The van der Waals surface area contributed by atoms with Crippen LogP contribution in [0, 0.1) is 0 Å². The highest BCUT2D eigenvalue weighted by molar-refractivity contribution is 7.85. The van der Waals surface area contributed by atoms with Crippen LogP contribution in [0.4, 0.5) is 0 Å². The van der Waals surface area contributed by atoms with Crippen molar-refractivity contribution >= 4 is 16.7 Å². The van der Waals surface area contributed by atoms with Crippen molar-refractivity contribution in [3.05, 3.63) is 0 Å². The van der Waals surface area contributed by atoms with Crippen LogP contribution in [0.25, 0.3) is 0 Å². The van der Waals surface area contributed by atoms with Gasteiger partial charge in [0.15, 0.2) is 0 Å². The van der Waals surface area contributed by atoms with Gasteiger partial charge in [-0.1, -0.05) is 0 Å². The quantitative estimate of drug-likeness (QED) is 0.691. The lowest BCUT2D eigenvalue weighted by Gasteiger charge is -2.18. The summed E-state index contributed by atoms with van der Waals surface area (Å²) in [5.74, 6) is 0.627. The molecular formula is C10H22N2O2S. The van der Waals surface area contributed by atoms with Gasteiger partial charge in [0.25, 0.3) is 0 Å². The second-order valence-corrected chi connectivity index (χ2v) is 5.20. The van der Waals surface area contributed by atoms with E-state index in [0.717, 1.165) is 0 Å². The fourth-order valence-corrected chi connectivity index (χ4v) is 2.43. The molecule has 0 saturated heterocycles. The van der Waals surface area contributed by atoms with E-state index in [1.165, 1.54) is 0 Å². The van der Waals surface area contributed by atoms with Crippen molar-refractivity contribution in [1.82, 2.24) is 4.90 Å². The summed E-state index contributed by atoms with van der Waals surface area (Å²) >= 11 is 0. The first-order chi connectivity index (χ1) is 7.01. The first-order valence-corrected chi connectivity index (χ1v) is 6.88. The Morgan fingerprint density at radius 2 is 1.93 bits per heavy atom. The maximum Gasteiger partial charge on any atom is 0.235 e. The summed E-state index contributed by atoms with van der Waals surface area (Å²) in [6, 6.07) is 0.0532. The molecule has 0 spiro atoms. The molecule has 2 N–H and O–H groups in total. The summed E-state index contributed by atoms with van der Waals surface area (Å²) in [5.41, 5.74) is 5.55. The van der Waals surface area contributed by atoms with Crippen LogP contribution in [0.15, 0.2) is 0 Å². The number of amides is 1. The van der Waals surface area contributed by atoms with Crippen LogP contribution in [0.1, 0.15) is 27.2 Å². The van der Waals surface area contributed by atoms with Gasteiger partial charge in [0.2, 0.25) is 5.91 Å². The van der Waals surface area contributed by atoms with E-state index in [1.54, 1.807) is 4.90 Å². The predicted octanol–water partition coefficient (Wildman–Crippen LogP) is 0.341. The fraction of sp³-hybridized carbons (Fsp3) is 0.900. The SMILES string of the molecule is CCN(CC)C(=O)CS(=O)CCC(C)N. The highest BCUT2D eigenvalue weighted by Gasteiger charge is 2.13. The first kappa shape index (κ1) is 14.6. The van der Waals surface area contributed by atoms with E-state index >= 15 is 0 Å². The molecule has 0 saturated carbocycles. The van der Waals surface area contributed by atoms with Crippen molar-refractivity contribution in [3.8, 4) is 0 Å². The summed E-state index contributed by atoms with van der Waals surface area (Å²) in [5, 5.41) is 0. The number of rotatable bonds is 7. The lowest BCUT2D eigenvalue weighted by molar-refractivity contribution is -0.128. The summed E-state index contributed by atoms with van der Waals surface area (Å²) in [6.07, 6.45) is 0.706. The van der Waals surface area contributed by atoms with Gasteiger partial charge < -0.3 is 10.6 Å². The number of carbonyl (C=O) groups excluding carboxylic acids is 1. The van der Waals surface area contributed by atoms with E-state index in [0.29, 0.717) is 25.3 Å². The lowest BCUT2D eigenvalue weighted by Crippen LogP contribution is -2.34. The Labute approximate surface area is 94.7 Å². The van der Waals surface area contributed by atoms with Crippen LogP contribution < -0.4 is 5.73 Å². The molecule has 0 fully saturated rings. The molecule has 0 aliphatic carbocycles. The first-order valence-electron chi connectivity index (χ1n) is 5.39. The van der Waals surface area contributed by atoms with Gasteiger partial charge in [-0.3, -0.25) is 9.00 Å². The smallest absolute Gasteiger partial charge is 0.235 e. The molecule has 4 nitrogen and oxygen atoms in total. The Hall–Kier alpha value is -0.420. The Bertz CT molecular complexity index is 215. The molecular weight excluding hydrogens is 212 g/mol. The van der Waals surface area contributed by atoms with Crippen LogP contribution in [0.3, 0.4) is 0 Å². The Morgan fingerprint density at radius 3 is 2.33 bits per heavy atom. The van der Waals surface area contributed by atoms with Crippen LogP contribution in [0.5, 0.6) is 0 Å². The lowest BCUT2D eigenvalue weighted by atomic mass is 10.3. The third kappa shape index (κ3) is 6.62. The van der Waals surface area contributed by atoms with E-state index in [4.69, 9.17) is 5.73 Å². The van der Waals surface area contributed by atoms with Gasteiger partial charge in [0.1, 0.15) is 5.75 Å². The normalized spacial score (nSPS) is 14.7. The van der Waals surface area contributed by atoms with Gasteiger partial charge in [-0.25, -0.2) is 0 Å². The minimum Gasteiger partial charge on any atom is -0.342 e. The van der Waals surface area contributed by atoms with Crippen LogP contribution in [-0.4, -0.2) is 45.7 Å². The second kappa shape index (κ2) is 7.82. The Balaban J connectivity index is 3.90. The van der Waals surface area contributed by atoms with E-state index in [2.05, 4.69) is 0 Å². The number of nitrogens with zero attached hydrogens (tertiary/aromatic N) is 1. The maximum atomic E-state index is 11.6. The molecule has 0 aromatic heterocycles. The van der Waals surface area contributed by atoms with Gasteiger partial charge in [0.05, 0.1) is 0 Å². The highest BCUT2D eigenvalue weighted by Crippen LogP contribution is 1.96. The molecule has 0 rings (SSSR count). The summed E-state index contributed by atoms with van der Waals surface area (Å²) in [7, 11) is -1.07. The van der Waals surface area contributed by atoms with Crippen molar-refractivity contribution in [1.29, 1.82) is 0 Å². The number of hydrogen-bond acceptors (Lipinski definition) is 3. The molecule has 1 amide bonds. The minimum absolute atomic E-state index is 0.0250. The van der Waals surface area contributed by atoms with Gasteiger partial charge in [-0.2, -0.15) is 0 Å². The summed E-state index contributed by atoms with van der Waals surface area (Å²) in [6.45, 7) is 7.08. The highest BCUT2D eigenvalue weighted by atomic mass is 32.2. The molecule has 0 aliphatic rings. The molecule has 0 heterocycles. The molecule has 0 aliphatic heterocycles. The molecule has 0 bridgehead atoms. The van der Waals surface area contributed by atoms with Crippen LogP contribution >= 0.6 is 0 Å². The van der Waals surface area contributed by atoms with Crippen molar-refractivity contribution < 1.29 is 9.00 Å². The minimum atomic E-state index is -1.07. The molecule has 5 heteroatoms. The van der Waals surface area contributed by atoms with E-state index in [9.17, 15) is 9.00 Å². The molecule has 0 aromatic carbocycles. The average Bonchev–Trinajstić information content (AvgIpc) is 2.16. The molecule has 0 radical (unpaired) electrons. The van der Waals surface area contributed by atoms with Crippen LogP contribution in [-0.2, 0) is 15.6 Å². The van der Waals surface area contributed by atoms with E-state index in [1.807, 2.05) is 20.8 Å². The zero-order valence-corrected chi connectivity index (χ0v) is 10.7. The number of hydrogen-bond donors (Lipinski definition) is 1. The fourth-order valence-electron chi connectivity index (χ4n) is 1.19. The van der Waals surface area contributed by atoms with Crippen molar-refractivity contribution in [2.24, 2.45) is 5.73 Å². The molecule has 90 valence electrons. The Kier molecular flexibility index (Phi) is 7.60. The standard InChI is InChI=1S/C10H22N2O2S/c1-4-12(5-2)10(13)8-15(14)7-6-9(3)11/h9H,4-8,11H2,1-3H3. The zero-order valence-electron chi connectivity index (χ0n) is 9.86. The molecule has 15 heavy (non-hydrogen) atoms. The summed E-state index contributed by atoms with van der Waals surface area (Å²) < 4.78 is 11.5. The Morgan fingerprint density at radius 1 is 1.40 bits per heavy atom. The van der Waals surface area contributed by atoms with Crippen LogP contribution in [0.2, 0.25) is 0 Å².